The summed E-state index contributed by atoms with van der Waals surface area (Å²) in [6.07, 6.45) is 0.304. The molecule has 0 radical (unpaired) electrons. The smallest absolute Gasteiger partial charge is 0.407 e. The Balaban J connectivity index is 1.37. The first-order valence-electron chi connectivity index (χ1n) is 12.6. The van der Waals surface area contributed by atoms with Gasteiger partial charge in [-0.15, -0.1) is 11.3 Å². The Morgan fingerprint density at radius 1 is 1.09 bits per heavy atom. The van der Waals surface area contributed by atoms with Crippen LogP contribution in [0.5, 0.6) is 0 Å². The summed E-state index contributed by atoms with van der Waals surface area (Å²) in [5.74, 6) is 0.0395. The molecule has 1 N–H and O–H groups in total. The molecular weight excluding hydrogens is 460 g/mol. The van der Waals surface area contributed by atoms with Gasteiger partial charge in [0.15, 0.2) is 0 Å². The van der Waals surface area contributed by atoms with Crippen molar-refractivity contribution in [3.05, 3.63) is 40.8 Å². The number of likely N-dealkylation sites (tertiary alicyclic amines) is 1. The number of carbonyl (C=O) groups excluding carboxylic acids is 2. The SMILES string of the molecule is CCN1CCN(c2ccc(-c3cc(C)c(C(=O)N4CC[C@H](NC(=O)OC(C)(C)C)C4)s3)cc2)CC1. The monoisotopic (exact) mass is 498 g/mol. The first-order chi connectivity index (χ1) is 16.6. The van der Waals surface area contributed by atoms with Gasteiger partial charge in [-0.1, -0.05) is 19.1 Å². The Labute approximate surface area is 213 Å². The van der Waals surface area contributed by atoms with Gasteiger partial charge in [-0.3, -0.25) is 4.79 Å². The van der Waals surface area contributed by atoms with Crippen LogP contribution in [0.1, 0.15) is 49.4 Å². The normalized spacial score (nSPS) is 19.2. The Kier molecular flexibility index (Phi) is 7.71. The van der Waals surface area contributed by atoms with Gasteiger partial charge in [0.1, 0.15) is 5.60 Å². The van der Waals surface area contributed by atoms with Crippen molar-refractivity contribution in [2.24, 2.45) is 0 Å². The van der Waals surface area contributed by atoms with Crippen LogP contribution >= 0.6 is 11.3 Å². The highest BCUT2D eigenvalue weighted by Crippen LogP contribution is 2.34. The summed E-state index contributed by atoms with van der Waals surface area (Å²) >= 11 is 1.55. The van der Waals surface area contributed by atoms with Crippen molar-refractivity contribution in [3.8, 4) is 10.4 Å². The number of nitrogens with zero attached hydrogens (tertiary/aromatic N) is 3. The number of hydrogen-bond donors (Lipinski definition) is 1. The van der Waals surface area contributed by atoms with Crippen LogP contribution in [0.2, 0.25) is 0 Å². The van der Waals surface area contributed by atoms with Crippen molar-refractivity contribution < 1.29 is 14.3 Å². The van der Waals surface area contributed by atoms with Crippen molar-refractivity contribution >= 4 is 29.0 Å². The molecule has 2 aliphatic heterocycles. The van der Waals surface area contributed by atoms with Crippen LogP contribution in [0.3, 0.4) is 0 Å². The Morgan fingerprint density at radius 2 is 1.77 bits per heavy atom. The summed E-state index contributed by atoms with van der Waals surface area (Å²) in [6.45, 7) is 16.3. The second-order valence-electron chi connectivity index (χ2n) is 10.5. The molecule has 0 unspecified atom stereocenters. The van der Waals surface area contributed by atoms with Crippen LogP contribution in [0.25, 0.3) is 10.4 Å². The maximum atomic E-state index is 13.3. The second-order valence-corrected chi connectivity index (χ2v) is 11.5. The zero-order valence-corrected chi connectivity index (χ0v) is 22.4. The van der Waals surface area contributed by atoms with Gasteiger partial charge in [-0.2, -0.15) is 0 Å². The molecule has 0 spiro atoms. The lowest BCUT2D eigenvalue weighted by Gasteiger charge is -2.35. The van der Waals surface area contributed by atoms with E-state index in [1.54, 1.807) is 11.3 Å². The largest absolute Gasteiger partial charge is 0.444 e. The van der Waals surface area contributed by atoms with Crippen molar-refractivity contribution in [1.29, 1.82) is 0 Å². The van der Waals surface area contributed by atoms with E-state index < -0.39 is 11.7 Å². The minimum absolute atomic E-state index is 0.0395. The van der Waals surface area contributed by atoms with Crippen LogP contribution < -0.4 is 10.2 Å². The first kappa shape index (κ1) is 25.5. The Bertz CT molecular complexity index is 1040. The van der Waals surface area contributed by atoms with Crippen LogP contribution in [0.15, 0.2) is 30.3 Å². The standard InChI is InChI=1S/C27H38N4O3S/c1-6-29-13-15-30(16-14-29)22-9-7-20(8-10-22)23-17-19(2)24(35-23)25(32)31-12-11-21(18-31)28-26(33)34-27(3,4)5/h7-10,17,21H,6,11-16,18H2,1-5H3,(H,28,33)/t21-/m0/s1. The van der Waals surface area contributed by atoms with E-state index >= 15 is 0 Å². The van der Waals surface area contributed by atoms with Crippen LogP contribution in [-0.2, 0) is 4.74 Å². The first-order valence-corrected chi connectivity index (χ1v) is 13.4. The summed E-state index contributed by atoms with van der Waals surface area (Å²) in [5, 5.41) is 2.90. The Morgan fingerprint density at radius 3 is 2.40 bits per heavy atom. The third-order valence-corrected chi connectivity index (χ3v) is 7.92. The molecule has 1 aromatic heterocycles. The molecule has 3 heterocycles. The van der Waals surface area contributed by atoms with Crippen LogP contribution in [0, 0.1) is 6.92 Å². The topological polar surface area (TPSA) is 65.1 Å². The number of nitrogens with one attached hydrogen (secondary N) is 1. The molecule has 2 fully saturated rings. The molecule has 2 amide bonds. The highest BCUT2D eigenvalue weighted by molar-refractivity contribution is 7.17. The van der Waals surface area contributed by atoms with Crippen molar-refractivity contribution in [2.75, 3.05) is 50.7 Å². The van der Waals surface area contributed by atoms with E-state index in [9.17, 15) is 9.59 Å². The van der Waals surface area contributed by atoms with Crippen molar-refractivity contribution in [3.63, 3.8) is 0 Å². The summed E-state index contributed by atoms with van der Waals surface area (Å²) in [7, 11) is 0. The van der Waals surface area contributed by atoms with E-state index in [-0.39, 0.29) is 11.9 Å². The summed E-state index contributed by atoms with van der Waals surface area (Å²) in [5.41, 5.74) is 2.86. The van der Waals surface area contributed by atoms with Gasteiger partial charge < -0.3 is 24.8 Å². The third-order valence-electron chi connectivity index (χ3n) is 6.64. The molecule has 35 heavy (non-hydrogen) atoms. The van der Waals surface area contributed by atoms with Crippen LogP contribution in [-0.4, -0.2) is 79.3 Å². The predicted molar refractivity (Wildman–Crippen MR) is 142 cm³/mol. The number of anilines is 1. The molecule has 1 aromatic carbocycles. The molecule has 8 heteroatoms. The van der Waals surface area contributed by atoms with E-state index in [0.29, 0.717) is 13.1 Å². The summed E-state index contributed by atoms with van der Waals surface area (Å²) in [6, 6.07) is 10.7. The molecule has 190 valence electrons. The van der Waals surface area contributed by atoms with Gasteiger partial charge in [0.25, 0.3) is 5.91 Å². The number of carbonyl (C=O) groups is 2. The molecule has 4 rings (SSSR count). The highest BCUT2D eigenvalue weighted by Gasteiger charge is 2.31. The molecule has 2 aromatic rings. The number of ether oxygens (including phenoxy) is 1. The van der Waals surface area contributed by atoms with Gasteiger partial charge in [0, 0.05) is 49.8 Å². The van der Waals surface area contributed by atoms with Crippen molar-refractivity contribution in [1.82, 2.24) is 15.1 Å². The average Bonchev–Trinajstić information content (AvgIpc) is 3.44. The fraction of sp³-hybridized carbons (Fsp3) is 0.556. The molecule has 0 saturated carbocycles. The van der Waals surface area contributed by atoms with Gasteiger partial charge in [-0.25, -0.2) is 4.79 Å². The maximum Gasteiger partial charge on any atom is 0.407 e. The lowest BCUT2D eigenvalue weighted by Crippen LogP contribution is -2.46. The van der Waals surface area contributed by atoms with E-state index in [4.69, 9.17) is 4.74 Å². The minimum Gasteiger partial charge on any atom is -0.444 e. The van der Waals surface area contributed by atoms with Gasteiger partial charge >= 0.3 is 6.09 Å². The number of thiophene rings is 1. The molecule has 2 aliphatic rings. The summed E-state index contributed by atoms with van der Waals surface area (Å²) in [4.78, 5) is 34.0. The number of aryl methyl sites for hydroxylation is 1. The van der Waals surface area contributed by atoms with E-state index in [2.05, 4.69) is 52.4 Å². The summed E-state index contributed by atoms with van der Waals surface area (Å²) < 4.78 is 5.35. The maximum absolute atomic E-state index is 13.3. The predicted octanol–water partition coefficient (Wildman–Crippen LogP) is 4.60. The number of piperazine rings is 1. The molecule has 2 saturated heterocycles. The van der Waals surface area contributed by atoms with E-state index in [1.165, 1.54) is 5.69 Å². The molecule has 7 nitrogen and oxygen atoms in total. The number of rotatable bonds is 5. The van der Waals surface area contributed by atoms with Crippen LogP contribution in [0.4, 0.5) is 10.5 Å². The second kappa shape index (κ2) is 10.6. The third kappa shape index (κ3) is 6.35. The zero-order chi connectivity index (χ0) is 25.2. The number of benzene rings is 1. The molecular formula is C27H38N4O3S. The Hall–Kier alpha value is -2.58. The molecule has 0 bridgehead atoms. The molecule has 1 atom stereocenters. The van der Waals surface area contributed by atoms with Gasteiger partial charge in [0.05, 0.1) is 10.9 Å². The average molecular weight is 499 g/mol. The molecule has 0 aliphatic carbocycles. The quantitative estimate of drug-likeness (QED) is 0.653. The van der Waals surface area contributed by atoms with Crippen molar-refractivity contribution in [2.45, 2.75) is 52.7 Å². The highest BCUT2D eigenvalue weighted by atomic mass is 32.1. The number of amides is 2. The van der Waals surface area contributed by atoms with Gasteiger partial charge in [-0.05, 0) is 70.0 Å². The number of hydrogen-bond acceptors (Lipinski definition) is 6. The minimum atomic E-state index is -0.537. The van der Waals surface area contributed by atoms with Gasteiger partial charge in [0.2, 0.25) is 0 Å². The number of alkyl carbamates (subject to hydrolysis) is 1. The van der Waals surface area contributed by atoms with E-state index in [0.717, 1.165) is 60.0 Å². The zero-order valence-electron chi connectivity index (χ0n) is 21.6. The number of likely N-dealkylation sites (N-methyl/N-ethyl adjacent to an activating group) is 1. The fourth-order valence-electron chi connectivity index (χ4n) is 4.68. The lowest BCUT2D eigenvalue weighted by atomic mass is 10.1. The lowest BCUT2D eigenvalue weighted by molar-refractivity contribution is 0.0502. The van der Waals surface area contributed by atoms with E-state index in [1.807, 2.05) is 32.6 Å². The fourth-order valence-corrected chi connectivity index (χ4v) is 5.82.